The van der Waals surface area contributed by atoms with Crippen molar-refractivity contribution in [3.05, 3.63) is 95.6 Å². The van der Waals surface area contributed by atoms with Crippen LogP contribution in [0.2, 0.25) is 0 Å². The van der Waals surface area contributed by atoms with Crippen LogP contribution in [0.25, 0.3) is 0 Å². The van der Waals surface area contributed by atoms with Crippen LogP contribution in [0.1, 0.15) is 108 Å². The Morgan fingerprint density at radius 1 is 0.780 bits per heavy atom. The number of ether oxygens (including phenoxy) is 1. The molecule has 0 aromatic heterocycles. The highest BCUT2D eigenvalue weighted by Crippen LogP contribution is 2.57. The molecule has 0 aliphatic heterocycles. The molecule has 41 heavy (non-hydrogen) atoms. The van der Waals surface area contributed by atoms with Gasteiger partial charge in [-0.05, 0) is 80.5 Å². The molecule has 2 aliphatic carbocycles. The lowest BCUT2D eigenvalue weighted by atomic mass is 9.99. The Balaban J connectivity index is 1.65. The van der Waals surface area contributed by atoms with Crippen molar-refractivity contribution in [3.8, 4) is 5.75 Å². The smallest absolute Gasteiger partial charge is 0.127 e. The van der Waals surface area contributed by atoms with Crippen LogP contribution in [0.3, 0.4) is 0 Å². The Morgan fingerprint density at radius 3 is 1.90 bits per heavy atom. The molecule has 2 fully saturated rings. The van der Waals surface area contributed by atoms with Gasteiger partial charge in [0, 0.05) is 5.30 Å². The van der Waals surface area contributed by atoms with E-state index >= 15 is 0 Å². The van der Waals surface area contributed by atoms with Gasteiger partial charge in [0.25, 0.3) is 0 Å². The fourth-order valence-electron chi connectivity index (χ4n) is 6.52. The standard InChI is InChI=1S/C36H48NO2PS/c1-36(2,3)41(38)37-34(29-19-10-5-11-20-29)32-25-16-26-33(39-27-28-17-8-4-9-18-28)35(32)40(30-21-12-6-13-22-30)31-23-14-7-15-24-31/h4-5,8-11,16-20,25-26,30-31,34,37H,6-7,12-15,21-24,27H2,1-3H3/t34-,41?/m0/s1. The van der Waals surface area contributed by atoms with E-state index in [4.69, 9.17) is 4.74 Å². The van der Waals surface area contributed by atoms with E-state index in [1.54, 1.807) is 0 Å². The highest BCUT2D eigenvalue weighted by Gasteiger charge is 2.37. The molecule has 3 aromatic rings. The lowest BCUT2D eigenvalue weighted by molar-refractivity contribution is 0.308. The number of benzene rings is 3. The van der Waals surface area contributed by atoms with Gasteiger partial charge in [0.1, 0.15) is 12.4 Å². The van der Waals surface area contributed by atoms with Crippen molar-refractivity contribution in [3.63, 3.8) is 0 Å². The average molecular weight is 590 g/mol. The monoisotopic (exact) mass is 589 g/mol. The fraction of sp³-hybridized carbons (Fsp3) is 0.500. The van der Waals surface area contributed by atoms with Gasteiger partial charge >= 0.3 is 0 Å². The highest BCUT2D eigenvalue weighted by molar-refractivity contribution is 7.84. The Bertz CT molecular complexity index is 1230. The largest absolute Gasteiger partial charge is 0.488 e. The number of hydrogen-bond donors (Lipinski definition) is 1. The van der Waals surface area contributed by atoms with Crippen LogP contribution < -0.4 is 14.8 Å². The SMILES string of the molecule is CC(C)(C)S(=O)N[C@@H](c1ccccc1)c1cccc(OCc2ccccc2)c1P(C1CCCCC1)C1CCCCC1. The Morgan fingerprint density at radius 2 is 1.34 bits per heavy atom. The first-order chi connectivity index (χ1) is 19.9. The zero-order chi connectivity index (χ0) is 28.7. The summed E-state index contributed by atoms with van der Waals surface area (Å²) in [7, 11) is -1.68. The summed E-state index contributed by atoms with van der Waals surface area (Å²) >= 11 is 0. The van der Waals surface area contributed by atoms with Crippen LogP contribution in [0, 0.1) is 0 Å². The van der Waals surface area contributed by atoms with Crippen LogP contribution >= 0.6 is 7.92 Å². The molecular weight excluding hydrogens is 541 g/mol. The fourth-order valence-corrected chi connectivity index (χ4v) is 11.4. The average Bonchev–Trinajstić information content (AvgIpc) is 3.01. The van der Waals surface area contributed by atoms with Gasteiger partial charge in [-0.25, -0.2) is 8.93 Å². The molecule has 0 heterocycles. The van der Waals surface area contributed by atoms with Gasteiger partial charge < -0.3 is 4.74 Å². The van der Waals surface area contributed by atoms with Gasteiger partial charge in [-0.2, -0.15) is 0 Å². The van der Waals surface area contributed by atoms with Gasteiger partial charge in [0.05, 0.1) is 21.8 Å². The Kier molecular flexibility index (Phi) is 10.7. The van der Waals surface area contributed by atoms with E-state index in [0.717, 1.165) is 22.6 Å². The molecule has 1 unspecified atom stereocenters. The minimum atomic E-state index is -1.22. The lowest BCUT2D eigenvalue weighted by Gasteiger charge is -2.41. The van der Waals surface area contributed by atoms with Gasteiger partial charge in [0.15, 0.2) is 0 Å². The molecule has 3 aromatic carbocycles. The van der Waals surface area contributed by atoms with E-state index in [2.05, 4.69) is 104 Å². The number of nitrogens with one attached hydrogen (secondary N) is 1. The predicted octanol–water partition coefficient (Wildman–Crippen LogP) is 9.18. The normalized spacial score (nSPS) is 18.7. The molecule has 2 atom stereocenters. The molecule has 0 bridgehead atoms. The second kappa shape index (κ2) is 14.5. The molecule has 5 rings (SSSR count). The van der Waals surface area contributed by atoms with Gasteiger partial charge in [-0.15, -0.1) is 0 Å². The summed E-state index contributed by atoms with van der Waals surface area (Å²) in [6.07, 6.45) is 13.4. The van der Waals surface area contributed by atoms with Crippen molar-refractivity contribution < 1.29 is 8.95 Å². The summed E-state index contributed by atoms with van der Waals surface area (Å²) < 4.78 is 23.7. The summed E-state index contributed by atoms with van der Waals surface area (Å²) in [5, 5.41) is 1.43. The summed E-state index contributed by atoms with van der Waals surface area (Å²) in [4.78, 5) is 0. The maximum atomic E-state index is 13.7. The third kappa shape index (κ3) is 7.89. The second-order valence-corrected chi connectivity index (χ2v) is 17.5. The van der Waals surface area contributed by atoms with E-state index in [-0.39, 0.29) is 10.8 Å². The molecule has 5 heteroatoms. The van der Waals surface area contributed by atoms with Gasteiger partial charge in [-0.1, -0.05) is 119 Å². The first-order valence-corrected chi connectivity index (χ1v) is 18.4. The van der Waals surface area contributed by atoms with E-state index in [1.165, 1.54) is 80.6 Å². The number of hydrogen-bond acceptors (Lipinski definition) is 2. The molecule has 220 valence electrons. The van der Waals surface area contributed by atoms with Crippen LogP contribution in [0.5, 0.6) is 5.75 Å². The third-order valence-electron chi connectivity index (χ3n) is 8.69. The van der Waals surface area contributed by atoms with Crippen molar-refractivity contribution >= 4 is 24.2 Å². The molecule has 0 radical (unpaired) electrons. The zero-order valence-corrected chi connectivity index (χ0v) is 26.9. The van der Waals surface area contributed by atoms with Crippen molar-refractivity contribution in [1.29, 1.82) is 0 Å². The van der Waals surface area contributed by atoms with Crippen LogP contribution in [0.15, 0.2) is 78.9 Å². The first kappa shape index (κ1) is 30.5. The van der Waals surface area contributed by atoms with Crippen molar-refractivity contribution in [2.24, 2.45) is 0 Å². The Labute approximate surface area is 252 Å². The summed E-state index contributed by atoms with van der Waals surface area (Å²) in [6, 6.07) is 27.7. The van der Waals surface area contributed by atoms with Crippen LogP contribution in [0.4, 0.5) is 0 Å². The molecule has 3 nitrogen and oxygen atoms in total. The van der Waals surface area contributed by atoms with E-state index < -0.39 is 18.9 Å². The Hall–Kier alpha value is -2.00. The summed E-state index contributed by atoms with van der Waals surface area (Å²) in [6.45, 7) is 6.72. The first-order valence-electron chi connectivity index (χ1n) is 15.7. The maximum Gasteiger partial charge on any atom is 0.127 e. The second-order valence-electron chi connectivity index (χ2n) is 12.8. The summed E-state index contributed by atoms with van der Waals surface area (Å²) in [5.41, 5.74) is 5.07. The predicted molar refractivity (Wildman–Crippen MR) is 177 cm³/mol. The van der Waals surface area contributed by atoms with E-state index in [9.17, 15) is 4.21 Å². The molecule has 1 N–H and O–H groups in total. The third-order valence-corrected chi connectivity index (χ3v) is 13.9. The quantitative estimate of drug-likeness (QED) is 0.240. The van der Waals surface area contributed by atoms with E-state index in [0.29, 0.717) is 6.61 Å². The molecular formula is C36H48NO2PS. The van der Waals surface area contributed by atoms with Crippen LogP contribution in [-0.4, -0.2) is 20.3 Å². The molecule has 2 aliphatic rings. The number of rotatable bonds is 10. The topological polar surface area (TPSA) is 38.3 Å². The molecule has 0 amide bonds. The van der Waals surface area contributed by atoms with Gasteiger partial charge in [-0.3, -0.25) is 0 Å². The molecule has 0 saturated heterocycles. The highest BCUT2D eigenvalue weighted by atomic mass is 32.2. The minimum Gasteiger partial charge on any atom is -0.488 e. The van der Waals surface area contributed by atoms with Crippen molar-refractivity contribution in [2.45, 2.75) is 114 Å². The lowest BCUT2D eigenvalue weighted by Crippen LogP contribution is -2.38. The maximum absolute atomic E-state index is 13.7. The summed E-state index contributed by atoms with van der Waals surface area (Å²) in [5.74, 6) is 1.04. The van der Waals surface area contributed by atoms with E-state index in [1.807, 2.05) is 0 Å². The van der Waals surface area contributed by atoms with Crippen molar-refractivity contribution in [1.82, 2.24) is 4.72 Å². The van der Waals surface area contributed by atoms with Crippen molar-refractivity contribution in [2.75, 3.05) is 0 Å². The van der Waals surface area contributed by atoms with Crippen LogP contribution in [-0.2, 0) is 17.6 Å². The molecule has 0 spiro atoms. The molecule has 2 saturated carbocycles. The minimum absolute atomic E-state index is 0.163. The zero-order valence-electron chi connectivity index (χ0n) is 25.2. The van der Waals surface area contributed by atoms with Gasteiger partial charge in [0.2, 0.25) is 0 Å².